The minimum Gasteiger partial charge on any atom is -0.361 e. The normalized spacial score (nSPS) is 10.7. The molecule has 122 valence electrons. The largest absolute Gasteiger partial charge is 0.361 e. The van der Waals surface area contributed by atoms with Gasteiger partial charge in [0.15, 0.2) is 0 Å². The Balaban J connectivity index is 1.44. The summed E-state index contributed by atoms with van der Waals surface area (Å²) in [6, 6.07) is 21.8. The second-order valence-electron chi connectivity index (χ2n) is 5.88. The average Bonchev–Trinajstić information content (AvgIpc) is 3.15. The number of amides is 1. The fourth-order valence-electron chi connectivity index (χ4n) is 2.81. The number of nitrogens with zero attached hydrogens (tertiary/aromatic N) is 1. The molecule has 0 aliphatic rings. The Morgan fingerprint density at radius 2 is 1.84 bits per heavy atom. The predicted octanol–water partition coefficient (Wildman–Crippen LogP) is 4.16. The van der Waals surface area contributed by atoms with E-state index in [4.69, 9.17) is 0 Å². The Bertz CT molecular complexity index is 1000. The molecule has 0 unspecified atom stereocenters. The van der Waals surface area contributed by atoms with E-state index in [0.717, 1.165) is 27.6 Å². The molecule has 0 saturated carbocycles. The van der Waals surface area contributed by atoms with Crippen LogP contribution in [0.25, 0.3) is 22.0 Å². The highest BCUT2D eigenvalue weighted by molar-refractivity contribution is 5.92. The number of hydrogen-bond acceptors (Lipinski definition) is 2. The van der Waals surface area contributed by atoms with Crippen molar-refractivity contribution in [2.24, 2.45) is 0 Å². The highest BCUT2D eigenvalue weighted by atomic mass is 16.1. The van der Waals surface area contributed by atoms with Gasteiger partial charge in [-0.25, -0.2) is 0 Å². The van der Waals surface area contributed by atoms with Gasteiger partial charge in [0.05, 0.1) is 0 Å². The van der Waals surface area contributed by atoms with Crippen LogP contribution in [0, 0.1) is 0 Å². The lowest BCUT2D eigenvalue weighted by atomic mass is 10.1. The van der Waals surface area contributed by atoms with E-state index < -0.39 is 0 Å². The van der Waals surface area contributed by atoms with Crippen molar-refractivity contribution in [1.29, 1.82) is 0 Å². The summed E-state index contributed by atoms with van der Waals surface area (Å²) in [6.07, 6.45) is 3.64. The summed E-state index contributed by atoms with van der Waals surface area (Å²) < 4.78 is 0. The lowest BCUT2D eigenvalue weighted by molar-refractivity contribution is 0.0946. The number of fused-ring (bicyclic) bond motifs is 1. The topological polar surface area (TPSA) is 57.8 Å². The number of hydrogen-bond donors (Lipinski definition) is 2. The van der Waals surface area contributed by atoms with Crippen LogP contribution in [0.3, 0.4) is 0 Å². The second-order valence-corrected chi connectivity index (χ2v) is 5.88. The third-order valence-corrected chi connectivity index (χ3v) is 4.18. The molecular weight excluding hydrogens is 310 g/mol. The number of pyridine rings is 1. The molecule has 0 aliphatic carbocycles. The molecule has 0 saturated heterocycles. The third-order valence-electron chi connectivity index (χ3n) is 4.18. The quantitative estimate of drug-likeness (QED) is 0.591. The molecule has 2 aromatic heterocycles. The second kappa shape index (κ2) is 6.61. The first-order valence-electron chi connectivity index (χ1n) is 8.15. The van der Waals surface area contributed by atoms with Crippen molar-refractivity contribution in [3.05, 3.63) is 90.4 Å². The fourth-order valence-corrected chi connectivity index (χ4v) is 2.81. The number of carbonyl (C=O) groups excluding carboxylic acids is 1. The van der Waals surface area contributed by atoms with E-state index in [-0.39, 0.29) is 5.91 Å². The molecule has 1 amide bonds. The minimum absolute atomic E-state index is 0.175. The molecule has 0 aliphatic heterocycles. The van der Waals surface area contributed by atoms with Crippen LogP contribution < -0.4 is 5.32 Å². The van der Waals surface area contributed by atoms with Gasteiger partial charge in [0.2, 0.25) is 0 Å². The summed E-state index contributed by atoms with van der Waals surface area (Å²) in [7, 11) is 0. The first-order valence-corrected chi connectivity index (χ1v) is 8.15. The van der Waals surface area contributed by atoms with Crippen molar-refractivity contribution in [2.45, 2.75) is 6.54 Å². The Hall–Kier alpha value is -3.40. The van der Waals surface area contributed by atoms with E-state index in [1.807, 2.05) is 66.9 Å². The molecule has 4 heteroatoms. The van der Waals surface area contributed by atoms with E-state index in [1.165, 1.54) is 0 Å². The van der Waals surface area contributed by atoms with Crippen LogP contribution >= 0.6 is 0 Å². The van der Waals surface area contributed by atoms with Gasteiger partial charge in [-0.1, -0.05) is 48.5 Å². The molecule has 0 atom stereocenters. The number of nitrogens with one attached hydrogen (secondary N) is 2. The Morgan fingerprint density at radius 3 is 2.64 bits per heavy atom. The molecule has 0 spiro atoms. The van der Waals surface area contributed by atoms with E-state index in [1.54, 1.807) is 12.3 Å². The smallest absolute Gasteiger partial charge is 0.270 e. The summed E-state index contributed by atoms with van der Waals surface area (Å²) in [5.41, 5.74) is 4.61. The zero-order valence-electron chi connectivity index (χ0n) is 13.6. The average molecular weight is 327 g/mol. The zero-order valence-corrected chi connectivity index (χ0v) is 13.6. The molecule has 0 fully saturated rings. The van der Waals surface area contributed by atoms with Gasteiger partial charge in [-0.3, -0.25) is 9.78 Å². The first-order chi connectivity index (χ1) is 12.3. The monoisotopic (exact) mass is 327 g/mol. The molecule has 2 N–H and O–H groups in total. The molecule has 2 aromatic carbocycles. The van der Waals surface area contributed by atoms with Gasteiger partial charge in [-0.2, -0.15) is 0 Å². The highest BCUT2D eigenvalue weighted by Crippen LogP contribution is 2.18. The van der Waals surface area contributed by atoms with Gasteiger partial charge in [-0.15, -0.1) is 0 Å². The van der Waals surface area contributed by atoms with Gasteiger partial charge in [0.25, 0.3) is 5.91 Å². The summed E-state index contributed by atoms with van der Waals surface area (Å²) >= 11 is 0. The van der Waals surface area contributed by atoms with E-state index >= 15 is 0 Å². The maximum absolute atomic E-state index is 12.3. The number of aromatic amines is 1. The van der Waals surface area contributed by atoms with Crippen molar-refractivity contribution >= 4 is 16.8 Å². The van der Waals surface area contributed by atoms with Crippen molar-refractivity contribution < 1.29 is 4.79 Å². The maximum Gasteiger partial charge on any atom is 0.270 e. The predicted molar refractivity (Wildman–Crippen MR) is 99.1 cm³/mol. The van der Waals surface area contributed by atoms with Crippen LogP contribution in [0.5, 0.6) is 0 Å². The molecule has 4 rings (SSSR count). The standard InChI is InChI=1S/C21H17N3O/c25-21(24-13-15-6-7-17-10-11-22-20(17)12-15)19-9-8-18(14-23-19)16-4-2-1-3-5-16/h1-12,14,22H,13H2,(H,24,25). The van der Waals surface area contributed by atoms with Crippen LogP contribution in [0.2, 0.25) is 0 Å². The van der Waals surface area contributed by atoms with Crippen molar-refractivity contribution in [1.82, 2.24) is 15.3 Å². The number of aromatic nitrogens is 2. The summed E-state index contributed by atoms with van der Waals surface area (Å²) in [5.74, 6) is -0.175. The number of benzene rings is 2. The van der Waals surface area contributed by atoms with E-state index in [2.05, 4.69) is 15.3 Å². The Kier molecular flexibility index (Phi) is 4.01. The van der Waals surface area contributed by atoms with Gasteiger partial charge < -0.3 is 10.3 Å². The van der Waals surface area contributed by atoms with Gasteiger partial charge >= 0.3 is 0 Å². The van der Waals surface area contributed by atoms with Crippen LogP contribution in [-0.2, 0) is 6.54 Å². The molecule has 4 aromatic rings. The summed E-state index contributed by atoms with van der Waals surface area (Å²) in [4.78, 5) is 19.8. The maximum atomic E-state index is 12.3. The zero-order chi connectivity index (χ0) is 17.1. The molecule has 25 heavy (non-hydrogen) atoms. The number of rotatable bonds is 4. The highest BCUT2D eigenvalue weighted by Gasteiger charge is 2.08. The SMILES string of the molecule is O=C(NCc1ccc2cc[nH]c2c1)c1ccc(-c2ccccc2)cn1. The molecular formula is C21H17N3O. The van der Waals surface area contributed by atoms with Crippen LogP contribution in [0.15, 0.2) is 79.1 Å². The summed E-state index contributed by atoms with van der Waals surface area (Å²) in [6.45, 7) is 0.468. The van der Waals surface area contributed by atoms with Crippen LogP contribution in [0.1, 0.15) is 16.1 Å². The first kappa shape index (κ1) is 15.1. The minimum atomic E-state index is -0.175. The van der Waals surface area contributed by atoms with E-state index in [0.29, 0.717) is 12.2 Å². The molecule has 2 heterocycles. The Labute approximate surface area is 145 Å². The lowest BCUT2D eigenvalue weighted by Crippen LogP contribution is -2.23. The van der Waals surface area contributed by atoms with Gasteiger partial charge in [0.1, 0.15) is 5.69 Å². The van der Waals surface area contributed by atoms with Crippen LogP contribution in [-0.4, -0.2) is 15.9 Å². The van der Waals surface area contributed by atoms with E-state index in [9.17, 15) is 4.79 Å². The summed E-state index contributed by atoms with van der Waals surface area (Å²) in [5, 5.41) is 4.08. The molecule has 0 bridgehead atoms. The fraction of sp³-hybridized carbons (Fsp3) is 0.0476. The number of H-pyrrole nitrogens is 1. The third kappa shape index (κ3) is 3.28. The molecule has 4 nitrogen and oxygen atoms in total. The van der Waals surface area contributed by atoms with Crippen molar-refractivity contribution in [3.63, 3.8) is 0 Å². The lowest BCUT2D eigenvalue weighted by Gasteiger charge is -2.06. The van der Waals surface area contributed by atoms with Crippen molar-refractivity contribution in [2.75, 3.05) is 0 Å². The molecule has 0 radical (unpaired) electrons. The van der Waals surface area contributed by atoms with Gasteiger partial charge in [0, 0.05) is 30.0 Å². The Morgan fingerprint density at radius 1 is 0.960 bits per heavy atom. The van der Waals surface area contributed by atoms with Crippen LogP contribution in [0.4, 0.5) is 0 Å². The number of carbonyl (C=O) groups is 1. The van der Waals surface area contributed by atoms with Crippen molar-refractivity contribution in [3.8, 4) is 11.1 Å². The van der Waals surface area contributed by atoms with Gasteiger partial charge in [-0.05, 0) is 34.7 Å².